The first-order valence-corrected chi connectivity index (χ1v) is 14.3. The molecule has 2 aliphatic heterocycles. The van der Waals surface area contributed by atoms with Gasteiger partial charge >= 0.3 is 0 Å². The number of nitrogens with one attached hydrogen (secondary N) is 1. The minimum atomic E-state index is -1.98. The normalized spacial score (nSPS) is 20.9. The van der Waals surface area contributed by atoms with Crippen molar-refractivity contribution in [3.8, 4) is 28.7 Å². The molecule has 13 heteroatoms. The Labute approximate surface area is 257 Å². The van der Waals surface area contributed by atoms with Crippen LogP contribution in [0.5, 0.6) is 28.7 Å². The van der Waals surface area contributed by atoms with E-state index in [4.69, 9.17) is 35.3 Å². The maximum absolute atomic E-state index is 14.2. The summed E-state index contributed by atoms with van der Waals surface area (Å²) < 4.78 is 29.9. The van der Waals surface area contributed by atoms with Gasteiger partial charge in [-0.05, 0) is 17.7 Å². The number of amides is 1. The van der Waals surface area contributed by atoms with E-state index in [-0.39, 0.29) is 58.9 Å². The lowest BCUT2D eigenvalue weighted by Crippen LogP contribution is -2.53. The Balaban J connectivity index is 1.43. The third-order valence-corrected chi connectivity index (χ3v) is 8.66. The van der Waals surface area contributed by atoms with E-state index in [1.165, 1.54) is 20.3 Å². The van der Waals surface area contributed by atoms with Crippen molar-refractivity contribution in [3.63, 3.8) is 0 Å². The van der Waals surface area contributed by atoms with Crippen LogP contribution < -0.4 is 29.0 Å². The van der Waals surface area contributed by atoms with Crippen LogP contribution in [-0.2, 0) is 16.1 Å². The largest absolute Gasteiger partial charge is 0.507 e. The van der Waals surface area contributed by atoms with Crippen LogP contribution in [0, 0.1) is 5.92 Å². The van der Waals surface area contributed by atoms with Crippen LogP contribution in [0.25, 0.3) is 0 Å². The molecule has 230 valence electrons. The molecule has 2 N–H and O–H groups in total. The number of nitrogens with zero attached hydrogens (tertiary/aromatic N) is 2. The average Bonchev–Trinajstić information content (AvgIpc) is 3.76. The van der Waals surface area contributed by atoms with Crippen LogP contribution in [0.15, 0.2) is 54.3 Å². The smallest absolute Gasteiger partial charge is 0.231 e. The van der Waals surface area contributed by atoms with Crippen molar-refractivity contribution in [1.82, 2.24) is 14.9 Å². The van der Waals surface area contributed by atoms with Crippen molar-refractivity contribution in [2.75, 3.05) is 27.6 Å². The van der Waals surface area contributed by atoms with E-state index >= 15 is 0 Å². The maximum atomic E-state index is 14.2. The third-order valence-electron chi connectivity index (χ3n) is 8.30. The molecule has 12 nitrogen and oxygen atoms in total. The fourth-order valence-electron chi connectivity index (χ4n) is 6.06. The number of carbonyl (C=O) groups is 3. The standard InChI is InChI=1S/C31H30ClN3O9/c1-16-10-19(36)25(29(38)31(16)30(39)26-22(40-2)13-23(41-3)27(32)28(26)44-31)18(17-4-5-20-21(11-17)43-15-42-20)12-24(37)34-7-9-35-8-6-33-14-35/h4-6,8,11,13-14,16,18,38H,7,9-10,12,15H2,1-3H3,(H,34,37)/t16-,18?,31+/m1/s1. The lowest BCUT2D eigenvalue weighted by Gasteiger charge is -2.38. The van der Waals surface area contributed by atoms with Crippen molar-refractivity contribution in [2.45, 2.75) is 37.8 Å². The van der Waals surface area contributed by atoms with E-state index in [2.05, 4.69) is 10.3 Å². The molecule has 1 unspecified atom stereocenters. The van der Waals surface area contributed by atoms with Crippen LogP contribution in [0.3, 0.4) is 0 Å². The second-order valence-corrected chi connectivity index (χ2v) is 11.2. The number of Topliss-reactive ketones (excluding diaryl/α,β-unsaturated/α-hetero) is 2. The van der Waals surface area contributed by atoms with Gasteiger partial charge in [0, 0.05) is 61.8 Å². The fourth-order valence-corrected chi connectivity index (χ4v) is 6.32. The zero-order valence-electron chi connectivity index (χ0n) is 24.2. The Morgan fingerprint density at radius 2 is 1.98 bits per heavy atom. The molecular weight excluding hydrogens is 594 g/mol. The first-order chi connectivity index (χ1) is 21.2. The molecule has 0 radical (unpaired) electrons. The predicted molar refractivity (Wildman–Crippen MR) is 156 cm³/mol. The molecule has 0 saturated carbocycles. The van der Waals surface area contributed by atoms with Crippen LogP contribution in [0.4, 0.5) is 0 Å². The Kier molecular flexibility index (Phi) is 7.62. The summed E-state index contributed by atoms with van der Waals surface area (Å²) in [6, 6.07) is 6.51. The van der Waals surface area contributed by atoms with E-state index in [1.807, 2.05) is 4.57 Å². The predicted octanol–water partition coefficient (Wildman–Crippen LogP) is 4.01. The molecule has 44 heavy (non-hydrogen) atoms. The van der Waals surface area contributed by atoms with Crippen molar-refractivity contribution < 1.29 is 43.2 Å². The number of halogens is 1. The van der Waals surface area contributed by atoms with Gasteiger partial charge in [-0.15, -0.1) is 0 Å². The summed E-state index contributed by atoms with van der Waals surface area (Å²) in [7, 11) is 2.80. The fraction of sp³-hybridized carbons (Fsp3) is 0.355. The molecule has 0 fully saturated rings. The summed E-state index contributed by atoms with van der Waals surface area (Å²) >= 11 is 6.57. The van der Waals surface area contributed by atoms with Gasteiger partial charge in [0.05, 0.1) is 20.5 Å². The molecule has 0 bridgehead atoms. The molecule has 6 rings (SSSR count). The van der Waals surface area contributed by atoms with Crippen LogP contribution in [0.2, 0.25) is 5.02 Å². The van der Waals surface area contributed by atoms with E-state index in [9.17, 15) is 19.5 Å². The summed E-state index contributed by atoms with van der Waals surface area (Å²) in [6.45, 7) is 2.46. The number of aliphatic hydroxyl groups is 1. The molecule has 1 aliphatic carbocycles. The number of imidazole rings is 1. The number of carbonyl (C=O) groups excluding carboxylic acids is 3. The SMILES string of the molecule is COc1cc(OC)c2c(c1Cl)O[C@]1(C2=O)C(O)=C(C(CC(=O)NCCn2ccnc2)c2ccc3c(c2)OCO3)C(=O)C[C@H]1C. The summed E-state index contributed by atoms with van der Waals surface area (Å²) in [4.78, 5) is 45.3. The molecule has 3 heterocycles. The van der Waals surface area contributed by atoms with Gasteiger partial charge in [-0.1, -0.05) is 24.6 Å². The third kappa shape index (κ3) is 4.69. The molecule has 1 amide bonds. The highest BCUT2D eigenvalue weighted by Gasteiger charge is 2.61. The second kappa shape index (κ2) is 11.4. The Morgan fingerprint density at radius 1 is 1.20 bits per heavy atom. The number of fused-ring (bicyclic) bond motifs is 2. The first kappa shape index (κ1) is 29.4. The molecule has 0 saturated heterocycles. The zero-order valence-corrected chi connectivity index (χ0v) is 25.0. The lowest BCUT2D eigenvalue weighted by atomic mass is 9.69. The minimum Gasteiger partial charge on any atom is -0.507 e. The van der Waals surface area contributed by atoms with E-state index in [1.54, 1.807) is 43.8 Å². The van der Waals surface area contributed by atoms with Crippen molar-refractivity contribution >= 4 is 29.1 Å². The highest BCUT2D eigenvalue weighted by atomic mass is 35.5. The van der Waals surface area contributed by atoms with E-state index in [0.29, 0.717) is 30.2 Å². The average molecular weight is 624 g/mol. The highest BCUT2D eigenvalue weighted by molar-refractivity contribution is 6.35. The maximum Gasteiger partial charge on any atom is 0.231 e. The van der Waals surface area contributed by atoms with Gasteiger partial charge in [0.15, 0.2) is 28.8 Å². The number of ketones is 2. The van der Waals surface area contributed by atoms with E-state index < -0.39 is 34.8 Å². The topological polar surface area (TPSA) is 147 Å². The van der Waals surface area contributed by atoms with Gasteiger partial charge < -0.3 is 38.7 Å². The molecular formula is C31H30ClN3O9. The van der Waals surface area contributed by atoms with Crippen molar-refractivity contribution in [2.24, 2.45) is 5.92 Å². The minimum absolute atomic E-state index is 0.0168. The van der Waals surface area contributed by atoms with Gasteiger partial charge in [0.25, 0.3) is 0 Å². The monoisotopic (exact) mass is 623 g/mol. The van der Waals surface area contributed by atoms with Crippen LogP contribution in [-0.4, -0.2) is 65.3 Å². The number of benzene rings is 2. The lowest BCUT2D eigenvalue weighted by molar-refractivity contribution is -0.121. The summed E-state index contributed by atoms with van der Waals surface area (Å²) in [5, 5.41) is 14.9. The second-order valence-electron chi connectivity index (χ2n) is 10.8. The first-order valence-electron chi connectivity index (χ1n) is 14.0. The molecule has 2 aromatic carbocycles. The van der Waals surface area contributed by atoms with Gasteiger partial charge in [-0.2, -0.15) is 0 Å². The number of allylic oxidation sites excluding steroid dienone is 1. The quantitative estimate of drug-likeness (QED) is 0.358. The Bertz CT molecular complexity index is 1690. The number of ether oxygens (including phenoxy) is 5. The van der Waals surface area contributed by atoms with Gasteiger partial charge in [-0.3, -0.25) is 14.4 Å². The number of hydrogen-bond donors (Lipinski definition) is 2. The van der Waals surface area contributed by atoms with Gasteiger partial charge in [-0.25, -0.2) is 4.98 Å². The highest BCUT2D eigenvalue weighted by Crippen LogP contribution is 2.56. The number of hydrogen-bond acceptors (Lipinski definition) is 10. The molecule has 1 spiro atoms. The summed E-state index contributed by atoms with van der Waals surface area (Å²) in [6.07, 6.45) is 4.71. The number of aromatic nitrogens is 2. The summed E-state index contributed by atoms with van der Waals surface area (Å²) in [5.41, 5.74) is -1.54. The van der Waals surface area contributed by atoms with Crippen molar-refractivity contribution in [1.29, 1.82) is 0 Å². The van der Waals surface area contributed by atoms with Gasteiger partial charge in [0.2, 0.25) is 24.1 Å². The van der Waals surface area contributed by atoms with Crippen molar-refractivity contribution in [3.05, 3.63) is 70.5 Å². The number of rotatable bonds is 9. The molecule has 3 aliphatic rings. The Morgan fingerprint density at radius 3 is 2.70 bits per heavy atom. The Hall–Kier alpha value is -4.71. The summed E-state index contributed by atoms with van der Waals surface area (Å²) in [5.74, 6) is -2.44. The van der Waals surface area contributed by atoms with Crippen LogP contribution >= 0.6 is 11.6 Å². The zero-order chi connectivity index (χ0) is 31.2. The molecule has 1 aromatic heterocycles. The molecule has 3 atom stereocenters. The van der Waals surface area contributed by atoms with E-state index in [0.717, 1.165) is 0 Å². The molecule has 3 aromatic rings. The number of aliphatic hydroxyl groups excluding tert-OH is 1. The number of methoxy groups -OCH3 is 2. The van der Waals surface area contributed by atoms with Gasteiger partial charge in [0.1, 0.15) is 22.1 Å². The van der Waals surface area contributed by atoms with Crippen LogP contribution in [0.1, 0.15) is 41.6 Å².